The van der Waals surface area contributed by atoms with E-state index in [1.54, 1.807) is 0 Å². The number of hydrogen-bond donors (Lipinski definition) is 2. The van der Waals surface area contributed by atoms with Gasteiger partial charge in [0.05, 0.1) is 6.61 Å². The highest BCUT2D eigenvalue weighted by Crippen LogP contribution is 2.46. The zero-order valence-corrected chi connectivity index (χ0v) is 19.4. The van der Waals surface area contributed by atoms with E-state index >= 15 is 0 Å². The fraction of sp³-hybridized carbons (Fsp3) is 0.304. The molecule has 0 saturated heterocycles. The number of halogens is 2. The molecule has 1 aromatic heterocycles. The topological polar surface area (TPSA) is 89.1 Å². The van der Waals surface area contributed by atoms with Crippen molar-refractivity contribution in [2.45, 2.75) is 29.7 Å². The predicted octanol–water partition coefficient (Wildman–Crippen LogP) is 5.41. The summed E-state index contributed by atoms with van der Waals surface area (Å²) in [5.41, 5.74) is 0.688. The molecule has 1 aliphatic carbocycles. The molecule has 170 valence electrons. The highest BCUT2D eigenvalue weighted by Gasteiger charge is 2.42. The highest BCUT2D eigenvalue weighted by molar-refractivity contribution is 7.59. The highest BCUT2D eigenvalue weighted by atomic mass is 35.5. The number of furan rings is 1. The van der Waals surface area contributed by atoms with Gasteiger partial charge in [0.2, 0.25) is 5.50 Å². The maximum Gasteiger partial charge on any atom is 0.391 e. The number of rotatable bonds is 8. The van der Waals surface area contributed by atoms with Gasteiger partial charge >= 0.3 is 7.60 Å². The summed E-state index contributed by atoms with van der Waals surface area (Å²) in [4.78, 5) is 18.3. The summed E-state index contributed by atoms with van der Waals surface area (Å²) < 4.78 is 28.1. The lowest BCUT2D eigenvalue weighted by Crippen LogP contribution is -2.22. The quantitative estimate of drug-likeness (QED) is 0.320. The summed E-state index contributed by atoms with van der Waals surface area (Å²) in [6.45, 7) is 0.430. The lowest BCUT2D eigenvalue weighted by Gasteiger charge is -2.24. The Kier molecular flexibility index (Phi) is 7.30. The van der Waals surface area contributed by atoms with Crippen molar-refractivity contribution >= 4 is 36.3 Å². The average Bonchev–Trinajstić information content (AvgIpc) is 3.34. The summed E-state index contributed by atoms with van der Waals surface area (Å²) >= 11 is 13.2. The van der Waals surface area contributed by atoms with Gasteiger partial charge in [0.15, 0.2) is 0 Å². The molecule has 1 aliphatic rings. The van der Waals surface area contributed by atoms with Crippen LogP contribution >= 0.6 is 30.8 Å². The minimum atomic E-state index is -4.42. The normalized spacial score (nSPS) is 23.4. The second-order valence-corrected chi connectivity index (χ2v) is 10.4. The fourth-order valence-corrected chi connectivity index (χ4v) is 5.51. The molecule has 32 heavy (non-hydrogen) atoms. The zero-order chi connectivity index (χ0) is 22.7. The largest absolute Gasteiger partial charge is 0.457 e. The number of alkyl halides is 2. The zero-order valence-electron chi connectivity index (χ0n) is 17.0. The van der Waals surface area contributed by atoms with Gasteiger partial charge < -0.3 is 23.7 Å². The van der Waals surface area contributed by atoms with E-state index in [1.807, 2.05) is 54.6 Å². The van der Waals surface area contributed by atoms with E-state index in [0.29, 0.717) is 18.8 Å². The van der Waals surface area contributed by atoms with Gasteiger partial charge in [-0.15, -0.1) is 23.2 Å². The first-order valence-corrected chi connectivity index (χ1v) is 12.6. The summed E-state index contributed by atoms with van der Waals surface area (Å²) in [5.74, 6) is 1.83. The molecule has 0 bridgehead atoms. The smallest absolute Gasteiger partial charge is 0.391 e. The van der Waals surface area contributed by atoms with Crippen LogP contribution < -0.4 is 10.2 Å². The van der Waals surface area contributed by atoms with Crippen LogP contribution in [0, 0.1) is 5.92 Å². The van der Waals surface area contributed by atoms with Crippen LogP contribution in [-0.4, -0.2) is 27.1 Å². The van der Waals surface area contributed by atoms with E-state index in [9.17, 15) is 4.57 Å². The van der Waals surface area contributed by atoms with Gasteiger partial charge in [-0.3, -0.25) is 4.57 Å². The number of para-hydroxylation sites is 1. The molecule has 0 spiro atoms. The third-order valence-corrected chi connectivity index (χ3v) is 7.26. The molecule has 1 saturated carbocycles. The van der Waals surface area contributed by atoms with Crippen LogP contribution in [0.1, 0.15) is 23.7 Å². The fourth-order valence-electron chi connectivity index (χ4n) is 3.97. The van der Waals surface area contributed by atoms with E-state index in [-0.39, 0.29) is 34.7 Å². The maximum absolute atomic E-state index is 11.3. The molecule has 9 heteroatoms. The van der Waals surface area contributed by atoms with E-state index in [1.165, 1.54) is 12.1 Å². The van der Waals surface area contributed by atoms with Crippen molar-refractivity contribution in [1.82, 2.24) is 0 Å². The predicted molar refractivity (Wildman–Crippen MR) is 123 cm³/mol. The third kappa shape index (κ3) is 5.57. The van der Waals surface area contributed by atoms with Crippen LogP contribution in [-0.2, 0) is 15.9 Å². The Labute approximate surface area is 196 Å². The molecule has 4 atom stereocenters. The van der Waals surface area contributed by atoms with Gasteiger partial charge in [-0.2, -0.15) is 0 Å². The Morgan fingerprint density at radius 1 is 0.938 bits per heavy atom. The second-order valence-electron chi connectivity index (χ2n) is 7.74. The lowest BCUT2D eigenvalue weighted by atomic mass is 9.89. The van der Waals surface area contributed by atoms with Gasteiger partial charge in [-0.1, -0.05) is 30.3 Å². The van der Waals surface area contributed by atoms with Crippen molar-refractivity contribution in [2.75, 3.05) is 6.61 Å². The van der Waals surface area contributed by atoms with Gasteiger partial charge in [-0.05, 0) is 48.4 Å². The Bertz CT molecular complexity index is 1070. The van der Waals surface area contributed by atoms with Crippen molar-refractivity contribution < 1.29 is 28.2 Å². The molecule has 2 N–H and O–H groups in total. The Hall–Kier alpha value is -1.79. The van der Waals surface area contributed by atoms with Crippen molar-refractivity contribution in [1.29, 1.82) is 0 Å². The summed E-state index contributed by atoms with van der Waals surface area (Å²) in [7, 11) is -4.42. The first-order valence-electron chi connectivity index (χ1n) is 10.1. The molecule has 4 rings (SSSR count). The van der Waals surface area contributed by atoms with Crippen LogP contribution in [0.25, 0.3) is 0 Å². The summed E-state index contributed by atoms with van der Waals surface area (Å²) in [6, 6.07) is 20.1. The number of hydrogen-bond acceptors (Lipinski definition) is 4. The molecule has 1 fully saturated rings. The van der Waals surface area contributed by atoms with Crippen LogP contribution in [0.15, 0.2) is 71.1 Å². The van der Waals surface area contributed by atoms with Crippen LogP contribution in [0.3, 0.4) is 0 Å². The van der Waals surface area contributed by atoms with Crippen molar-refractivity contribution in [2.24, 2.45) is 5.92 Å². The summed E-state index contributed by atoms with van der Waals surface area (Å²) in [5, 5.41) is -0.276. The Balaban J connectivity index is 1.40. The molecular formula is C23H23Cl2O6P. The molecule has 0 aliphatic heterocycles. The average molecular weight is 497 g/mol. The molecule has 0 radical (unpaired) electrons. The van der Waals surface area contributed by atoms with Gasteiger partial charge in [0.1, 0.15) is 23.9 Å². The third-order valence-electron chi connectivity index (χ3n) is 5.50. The van der Waals surface area contributed by atoms with Gasteiger partial charge in [0.25, 0.3) is 0 Å². The van der Waals surface area contributed by atoms with E-state index in [2.05, 4.69) is 0 Å². The molecule has 6 nitrogen and oxygen atoms in total. The SMILES string of the molecule is O=P(O)(O)c1ccc(COCC2C(Cl)CC(Cl)C2c2ccc(Oc3ccccc3)cc2)o1. The molecule has 4 unspecified atom stereocenters. The van der Waals surface area contributed by atoms with Gasteiger partial charge in [-0.25, -0.2) is 0 Å². The van der Waals surface area contributed by atoms with Crippen molar-refractivity contribution in [3.63, 3.8) is 0 Å². The first kappa shape index (κ1) is 23.4. The Morgan fingerprint density at radius 3 is 2.28 bits per heavy atom. The van der Waals surface area contributed by atoms with Gasteiger partial charge in [0, 0.05) is 22.6 Å². The molecule has 1 heterocycles. The maximum atomic E-state index is 11.3. The van der Waals surface area contributed by atoms with E-state index < -0.39 is 7.60 Å². The van der Waals surface area contributed by atoms with Crippen molar-refractivity contribution in [3.05, 3.63) is 78.1 Å². The molecule has 0 amide bonds. The van der Waals surface area contributed by atoms with Crippen LogP contribution in [0.5, 0.6) is 11.5 Å². The standard InChI is InChI=1S/C23H23Cl2O6P/c24-20-12-21(25)23(15-6-8-17(9-7-15)30-16-4-2-1-3-5-16)19(20)14-29-13-18-10-11-22(31-18)32(26,27)28/h1-11,19-21,23H,12-14H2,(H2,26,27,28). The number of ether oxygens (including phenoxy) is 2. The minimum Gasteiger partial charge on any atom is -0.457 e. The lowest BCUT2D eigenvalue weighted by molar-refractivity contribution is 0.0739. The molecular weight excluding hydrogens is 474 g/mol. The summed E-state index contributed by atoms with van der Waals surface area (Å²) in [6.07, 6.45) is 0.660. The monoisotopic (exact) mass is 496 g/mol. The van der Waals surface area contributed by atoms with E-state index in [4.69, 9.17) is 46.9 Å². The van der Waals surface area contributed by atoms with E-state index in [0.717, 1.165) is 17.1 Å². The van der Waals surface area contributed by atoms with Crippen LogP contribution in [0.4, 0.5) is 0 Å². The second kappa shape index (κ2) is 10.0. The van der Waals surface area contributed by atoms with Crippen molar-refractivity contribution in [3.8, 4) is 11.5 Å². The van der Waals surface area contributed by atoms with Crippen LogP contribution in [0.2, 0.25) is 0 Å². The number of benzene rings is 2. The Morgan fingerprint density at radius 2 is 1.62 bits per heavy atom. The first-order chi connectivity index (χ1) is 15.3. The minimum absolute atomic E-state index is 0.00667. The molecule has 3 aromatic rings. The molecule has 2 aromatic carbocycles.